The average molecular weight is 267 g/mol. The lowest BCUT2D eigenvalue weighted by molar-refractivity contribution is 0.685. The maximum Gasteiger partial charge on any atom is 0.125 e. The minimum Gasteiger partial charge on any atom is -0.373 e. The summed E-state index contributed by atoms with van der Waals surface area (Å²) >= 11 is 3.36. The molecule has 0 aromatic carbocycles. The second-order valence-electron chi connectivity index (χ2n) is 3.16. The van der Waals surface area contributed by atoms with Gasteiger partial charge >= 0.3 is 0 Å². The van der Waals surface area contributed by atoms with Gasteiger partial charge in [-0.3, -0.25) is 4.68 Å². The Balaban J connectivity index is 2.11. The molecule has 2 heterocycles. The molecule has 78 valence electrons. The molecule has 5 heteroatoms. The first-order valence-electron chi connectivity index (χ1n) is 4.58. The number of pyridine rings is 1. The molecule has 0 unspecified atom stereocenters. The minimum absolute atomic E-state index is 0.739. The molecule has 4 nitrogen and oxygen atoms in total. The monoisotopic (exact) mass is 266 g/mol. The fourth-order valence-corrected chi connectivity index (χ4v) is 1.61. The maximum atomic E-state index is 4.24. The predicted molar refractivity (Wildman–Crippen MR) is 62.8 cm³/mol. The Morgan fingerprint density at radius 2 is 2.27 bits per heavy atom. The highest BCUT2D eigenvalue weighted by molar-refractivity contribution is 9.10. The van der Waals surface area contributed by atoms with Gasteiger partial charge in [-0.25, -0.2) is 4.98 Å². The molecule has 2 aromatic heterocycles. The molecular formula is C10H11BrN4. The molecule has 2 rings (SSSR count). The van der Waals surface area contributed by atoms with Crippen LogP contribution in [0.2, 0.25) is 0 Å². The van der Waals surface area contributed by atoms with Gasteiger partial charge in [0.1, 0.15) is 5.82 Å². The van der Waals surface area contributed by atoms with Crippen LogP contribution in [0.25, 0.3) is 0 Å². The van der Waals surface area contributed by atoms with Gasteiger partial charge in [0, 0.05) is 19.4 Å². The largest absolute Gasteiger partial charge is 0.373 e. The first kappa shape index (κ1) is 10.2. The van der Waals surface area contributed by atoms with Crippen LogP contribution in [0.5, 0.6) is 0 Å². The van der Waals surface area contributed by atoms with Crippen molar-refractivity contribution in [2.75, 3.05) is 12.4 Å². The Kier molecular flexibility index (Phi) is 3.01. The molecule has 0 saturated carbocycles. The molecule has 15 heavy (non-hydrogen) atoms. The summed E-state index contributed by atoms with van der Waals surface area (Å²) in [6.45, 7) is 0.739. The Morgan fingerprint density at radius 3 is 2.80 bits per heavy atom. The molecule has 0 saturated heterocycles. The quantitative estimate of drug-likeness (QED) is 0.926. The van der Waals surface area contributed by atoms with E-state index >= 15 is 0 Å². The normalized spacial score (nSPS) is 10.3. The molecule has 0 radical (unpaired) electrons. The van der Waals surface area contributed by atoms with Crippen molar-refractivity contribution in [3.63, 3.8) is 0 Å². The highest BCUT2D eigenvalue weighted by Gasteiger charge is 1.98. The van der Waals surface area contributed by atoms with E-state index in [1.807, 2.05) is 36.3 Å². The fourth-order valence-electron chi connectivity index (χ4n) is 1.28. The Hall–Kier alpha value is -1.36. The lowest BCUT2D eigenvalue weighted by Crippen LogP contribution is -2.01. The maximum absolute atomic E-state index is 4.24. The highest BCUT2D eigenvalue weighted by atomic mass is 79.9. The van der Waals surface area contributed by atoms with Gasteiger partial charge in [0.15, 0.2) is 0 Å². The van der Waals surface area contributed by atoms with E-state index in [0.717, 1.165) is 22.4 Å². The van der Waals surface area contributed by atoms with Crippen molar-refractivity contribution < 1.29 is 0 Å². The predicted octanol–water partition coefficient (Wildman–Crippen LogP) is 2.13. The Bertz CT molecular complexity index is 435. The number of hydrogen-bond donors (Lipinski definition) is 1. The van der Waals surface area contributed by atoms with E-state index in [0.29, 0.717) is 0 Å². The first-order chi connectivity index (χ1) is 7.28. The standard InChI is InChI=1S/C10H11BrN4/c1-12-10-3-2-8(4-13-10)6-15-7-9(11)5-14-15/h2-5,7H,6H2,1H3,(H,12,13). The number of nitrogens with one attached hydrogen (secondary N) is 1. The van der Waals surface area contributed by atoms with Crippen LogP contribution in [-0.2, 0) is 6.54 Å². The Morgan fingerprint density at radius 1 is 1.40 bits per heavy atom. The van der Waals surface area contributed by atoms with Crippen LogP contribution in [0.15, 0.2) is 35.2 Å². The molecule has 0 atom stereocenters. The topological polar surface area (TPSA) is 42.7 Å². The van der Waals surface area contributed by atoms with Gasteiger partial charge < -0.3 is 5.32 Å². The van der Waals surface area contributed by atoms with Gasteiger partial charge in [-0.1, -0.05) is 6.07 Å². The zero-order valence-electron chi connectivity index (χ0n) is 8.31. The van der Waals surface area contributed by atoms with E-state index < -0.39 is 0 Å². The number of anilines is 1. The van der Waals surface area contributed by atoms with Crippen molar-refractivity contribution in [2.45, 2.75) is 6.54 Å². The molecule has 0 bridgehead atoms. The smallest absolute Gasteiger partial charge is 0.125 e. The van der Waals surface area contributed by atoms with Crippen molar-refractivity contribution in [1.82, 2.24) is 14.8 Å². The second-order valence-corrected chi connectivity index (χ2v) is 4.07. The summed E-state index contributed by atoms with van der Waals surface area (Å²) in [4.78, 5) is 4.24. The summed E-state index contributed by atoms with van der Waals surface area (Å²) in [6, 6.07) is 3.99. The summed E-state index contributed by atoms with van der Waals surface area (Å²) in [5.41, 5.74) is 1.13. The number of rotatable bonds is 3. The lowest BCUT2D eigenvalue weighted by Gasteiger charge is -2.02. The van der Waals surface area contributed by atoms with Crippen LogP contribution in [-0.4, -0.2) is 21.8 Å². The molecule has 0 spiro atoms. The SMILES string of the molecule is CNc1ccc(Cn2cc(Br)cn2)cn1. The van der Waals surface area contributed by atoms with Crippen LogP contribution < -0.4 is 5.32 Å². The molecular weight excluding hydrogens is 256 g/mol. The van der Waals surface area contributed by atoms with E-state index in [2.05, 4.69) is 31.3 Å². The van der Waals surface area contributed by atoms with E-state index in [1.54, 1.807) is 6.20 Å². The number of aromatic nitrogens is 3. The van der Waals surface area contributed by atoms with Gasteiger partial charge in [-0.05, 0) is 27.6 Å². The molecule has 0 aliphatic carbocycles. The van der Waals surface area contributed by atoms with E-state index in [4.69, 9.17) is 0 Å². The minimum atomic E-state index is 0.739. The van der Waals surface area contributed by atoms with E-state index in [1.165, 1.54) is 0 Å². The van der Waals surface area contributed by atoms with Gasteiger partial charge in [0.25, 0.3) is 0 Å². The van der Waals surface area contributed by atoms with Crippen molar-refractivity contribution in [3.05, 3.63) is 40.8 Å². The molecule has 0 amide bonds. The number of nitrogens with zero attached hydrogens (tertiary/aromatic N) is 3. The van der Waals surface area contributed by atoms with Gasteiger partial charge in [0.05, 0.1) is 17.2 Å². The molecule has 0 aliphatic rings. The summed E-state index contributed by atoms with van der Waals surface area (Å²) in [7, 11) is 1.85. The van der Waals surface area contributed by atoms with Gasteiger partial charge in [-0.15, -0.1) is 0 Å². The molecule has 2 aromatic rings. The zero-order chi connectivity index (χ0) is 10.7. The summed E-state index contributed by atoms with van der Waals surface area (Å²) in [5, 5.41) is 7.16. The molecule has 1 N–H and O–H groups in total. The van der Waals surface area contributed by atoms with Crippen LogP contribution >= 0.6 is 15.9 Å². The summed E-state index contributed by atoms with van der Waals surface area (Å²) < 4.78 is 2.85. The van der Waals surface area contributed by atoms with E-state index in [-0.39, 0.29) is 0 Å². The second kappa shape index (κ2) is 4.44. The third-order valence-corrected chi connectivity index (χ3v) is 2.44. The van der Waals surface area contributed by atoms with Crippen molar-refractivity contribution in [2.24, 2.45) is 0 Å². The average Bonchev–Trinajstić information content (AvgIpc) is 2.65. The molecule has 0 fully saturated rings. The van der Waals surface area contributed by atoms with Crippen molar-refractivity contribution >= 4 is 21.7 Å². The first-order valence-corrected chi connectivity index (χ1v) is 5.38. The lowest BCUT2D eigenvalue weighted by atomic mass is 10.3. The van der Waals surface area contributed by atoms with Crippen molar-refractivity contribution in [3.8, 4) is 0 Å². The van der Waals surface area contributed by atoms with Gasteiger partial charge in [0.2, 0.25) is 0 Å². The number of hydrogen-bond acceptors (Lipinski definition) is 3. The van der Waals surface area contributed by atoms with Crippen molar-refractivity contribution in [1.29, 1.82) is 0 Å². The van der Waals surface area contributed by atoms with E-state index in [9.17, 15) is 0 Å². The number of halogens is 1. The van der Waals surface area contributed by atoms with Crippen LogP contribution in [0.3, 0.4) is 0 Å². The van der Waals surface area contributed by atoms with Crippen LogP contribution in [0, 0.1) is 0 Å². The van der Waals surface area contributed by atoms with Gasteiger partial charge in [-0.2, -0.15) is 5.10 Å². The molecule has 0 aliphatic heterocycles. The summed E-state index contributed by atoms with van der Waals surface area (Å²) in [5.74, 6) is 0.875. The third kappa shape index (κ3) is 2.56. The fraction of sp³-hybridized carbons (Fsp3) is 0.200. The summed E-state index contributed by atoms with van der Waals surface area (Å²) in [6.07, 6.45) is 5.56. The Labute approximate surface area is 96.5 Å². The zero-order valence-corrected chi connectivity index (χ0v) is 9.90. The third-order valence-electron chi connectivity index (χ3n) is 2.03. The van der Waals surface area contributed by atoms with Crippen LogP contribution in [0.4, 0.5) is 5.82 Å². The highest BCUT2D eigenvalue weighted by Crippen LogP contribution is 2.09. The van der Waals surface area contributed by atoms with Crippen LogP contribution in [0.1, 0.15) is 5.56 Å².